The number of hydrogen-bond donors (Lipinski definition) is 0. The summed E-state index contributed by atoms with van der Waals surface area (Å²) in [5.41, 5.74) is 2.34. The Balaban J connectivity index is 2.21. The van der Waals surface area contributed by atoms with Crippen LogP contribution in [0.3, 0.4) is 0 Å². The molecule has 0 spiro atoms. The van der Waals surface area contributed by atoms with E-state index in [9.17, 15) is 10.5 Å². The number of fused-ring (bicyclic) bond motifs is 2. The first-order chi connectivity index (χ1) is 14.5. The van der Waals surface area contributed by atoms with Crippen LogP contribution in [0.15, 0.2) is 34.1 Å². The summed E-state index contributed by atoms with van der Waals surface area (Å²) in [5, 5.41) is 19.9. The number of benzene rings is 2. The zero-order chi connectivity index (χ0) is 21.7. The van der Waals surface area contributed by atoms with Crippen LogP contribution in [0, 0.1) is 28.6 Å². The molecule has 1 heterocycles. The molecule has 0 bridgehead atoms. The maximum atomic E-state index is 9.95. The fourth-order valence-electron chi connectivity index (χ4n) is 3.33. The van der Waals surface area contributed by atoms with E-state index in [0.717, 1.165) is 40.4 Å². The van der Waals surface area contributed by atoms with E-state index in [2.05, 4.69) is 39.0 Å². The molecule has 0 saturated carbocycles. The summed E-state index contributed by atoms with van der Waals surface area (Å²) in [4.78, 5) is 3.95. The molecule has 0 saturated heterocycles. The molecule has 0 fully saturated rings. The van der Waals surface area contributed by atoms with E-state index in [0.29, 0.717) is 30.6 Å². The molecule has 0 N–H and O–H groups in total. The van der Waals surface area contributed by atoms with Crippen LogP contribution in [0.25, 0.3) is 0 Å². The Kier molecular flexibility index (Phi) is 7.13. The van der Waals surface area contributed by atoms with Crippen molar-refractivity contribution in [1.82, 2.24) is 0 Å². The number of nitriles is 2. The third kappa shape index (κ3) is 4.20. The zero-order valence-electron chi connectivity index (χ0n) is 18.0. The Morgan fingerprint density at radius 3 is 2.37 bits per heavy atom. The third-order valence-corrected chi connectivity index (χ3v) is 6.17. The largest absolute Gasteiger partial charge is 0.491 e. The van der Waals surface area contributed by atoms with Crippen molar-refractivity contribution in [3.8, 4) is 23.6 Å². The van der Waals surface area contributed by atoms with Crippen molar-refractivity contribution < 1.29 is 9.47 Å². The normalized spacial score (nSPS) is 12.0. The number of unbranched alkanes of at least 4 members (excludes halogenated alkanes) is 1. The molecule has 3 rings (SSSR count). The van der Waals surface area contributed by atoms with Crippen molar-refractivity contribution in [2.45, 2.75) is 49.8 Å². The molecule has 156 valence electrons. The topological polar surface area (TPSA) is 69.3 Å². The van der Waals surface area contributed by atoms with E-state index in [1.54, 1.807) is 11.8 Å². The van der Waals surface area contributed by atoms with Crippen LogP contribution in [0.1, 0.15) is 51.2 Å². The fraction of sp³-hybridized carbons (Fsp3) is 0.417. The molecule has 0 amide bonds. The number of hydrogen-bond acceptors (Lipinski definition) is 6. The van der Waals surface area contributed by atoms with Crippen LogP contribution < -0.4 is 14.4 Å². The Morgan fingerprint density at radius 2 is 1.70 bits per heavy atom. The minimum atomic E-state index is 0.249. The van der Waals surface area contributed by atoms with Gasteiger partial charge < -0.3 is 14.4 Å². The van der Waals surface area contributed by atoms with Crippen molar-refractivity contribution in [2.75, 3.05) is 25.2 Å². The molecule has 2 aromatic rings. The van der Waals surface area contributed by atoms with Gasteiger partial charge in [0.2, 0.25) is 0 Å². The van der Waals surface area contributed by atoms with Gasteiger partial charge in [-0.15, -0.1) is 0 Å². The summed E-state index contributed by atoms with van der Waals surface area (Å²) in [5.74, 6) is 1.44. The first-order valence-electron chi connectivity index (χ1n) is 10.3. The van der Waals surface area contributed by atoms with E-state index in [4.69, 9.17) is 9.47 Å². The van der Waals surface area contributed by atoms with E-state index >= 15 is 0 Å². The molecule has 30 heavy (non-hydrogen) atoms. The third-order valence-electron chi connectivity index (χ3n) is 5.02. The maximum absolute atomic E-state index is 9.95. The van der Waals surface area contributed by atoms with E-state index in [1.165, 1.54) is 0 Å². The lowest BCUT2D eigenvalue weighted by molar-refractivity contribution is 0.279. The smallest absolute Gasteiger partial charge is 0.163 e. The second-order valence-corrected chi connectivity index (χ2v) is 8.72. The summed E-state index contributed by atoms with van der Waals surface area (Å²) in [6.45, 7) is 7.35. The molecule has 0 aromatic heterocycles. The van der Waals surface area contributed by atoms with Crippen LogP contribution in [-0.4, -0.2) is 20.3 Å². The van der Waals surface area contributed by atoms with Crippen molar-refractivity contribution in [3.63, 3.8) is 0 Å². The summed E-state index contributed by atoms with van der Waals surface area (Å²) < 4.78 is 12.3. The van der Waals surface area contributed by atoms with E-state index < -0.39 is 0 Å². The highest BCUT2D eigenvalue weighted by Gasteiger charge is 2.33. The van der Waals surface area contributed by atoms with Gasteiger partial charge >= 0.3 is 0 Å². The summed E-state index contributed by atoms with van der Waals surface area (Å²) in [7, 11) is 1.97. The van der Waals surface area contributed by atoms with Crippen LogP contribution in [0.4, 0.5) is 11.4 Å². The second-order valence-electron chi connectivity index (χ2n) is 7.67. The minimum absolute atomic E-state index is 0.249. The molecule has 0 atom stereocenters. The minimum Gasteiger partial charge on any atom is -0.491 e. The van der Waals surface area contributed by atoms with Gasteiger partial charge in [0, 0.05) is 11.9 Å². The second kappa shape index (κ2) is 9.78. The number of rotatable bonds is 8. The molecule has 0 radical (unpaired) electrons. The van der Waals surface area contributed by atoms with Gasteiger partial charge in [0.05, 0.1) is 23.8 Å². The Bertz CT molecular complexity index is 1000. The number of nitrogens with zero attached hydrogens (tertiary/aromatic N) is 3. The van der Waals surface area contributed by atoms with Gasteiger partial charge in [0.15, 0.2) is 11.5 Å². The van der Waals surface area contributed by atoms with Crippen LogP contribution in [-0.2, 0) is 0 Å². The van der Waals surface area contributed by atoms with Crippen molar-refractivity contribution in [1.29, 1.82) is 10.5 Å². The Labute approximate surface area is 183 Å². The quantitative estimate of drug-likeness (QED) is 0.468. The highest BCUT2D eigenvalue weighted by molar-refractivity contribution is 7.99. The highest BCUT2D eigenvalue weighted by atomic mass is 32.2. The van der Waals surface area contributed by atoms with Gasteiger partial charge in [-0.05, 0) is 30.9 Å². The predicted octanol–water partition coefficient (Wildman–Crippen LogP) is 6.27. The lowest BCUT2D eigenvalue weighted by atomic mass is 10.0. The van der Waals surface area contributed by atoms with Gasteiger partial charge in [0.25, 0.3) is 0 Å². The van der Waals surface area contributed by atoms with Gasteiger partial charge in [-0.3, -0.25) is 0 Å². The summed E-state index contributed by atoms with van der Waals surface area (Å²) >= 11 is 1.57. The van der Waals surface area contributed by atoms with Crippen molar-refractivity contribution >= 4 is 23.1 Å². The monoisotopic (exact) mass is 421 g/mol. The van der Waals surface area contributed by atoms with E-state index in [1.807, 2.05) is 30.1 Å². The lowest BCUT2D eigenvalue weighted by Crippen LogP contribution is -2.19. The maximum Gasteiger partial charge on any atom is 0.163 e. The summed E-state index contributed by atoms with van der Waals surface area (Å²) in [6.07, 6.45) is 2.73. The van der Waals surface area contributed by atoms with Gasteiger partial charge in [-0.2, -0.15) is 10.5 Å². The molecule has 1 aliphatic rings. The first kappa shape index (κ1) is 21.9. The SMILES string of the molecule is CCCCOc1c(C#N)c(C#N)c(OCCC(C)C)c2c1N(C)c1ccccc1S2. The van der Waals surface area contributed by atoms with E-state index in [-0.39, 0.29) is 11.1 Å². The van der Waals surface area contributed by atoms with Crippen LogP contribution >= 0.6 is 11.8 Å². The molecule has 1 aliphatic heterocycles. The number of ether oxygens (including phenoxy) is 2. The predicted molar refractivity (Wildman–Crippen MR) is 120 cm³/mol. The first-order valence-corrected chi connectivity index (χ1v) is 11.1. The average Bonchev–Trinajstić information content (AvgIpc) is 2.74. The molecule has 0 unspecified atom stereocenters. The lowest BCUT2D eigenvalue weighted by Gasteiger charge is -2.33. The Morgan fingerprint density at radius 1 is 1.03 bits per heavy atom. The van der Waals surface area contributed by atoms with Crippen molar-refractivity contribution in [2.24, 2.45) is 5.92 Å². The molecular weight excluding hydrogens is 394 g/mol. The van der Waals surface area contributed by atoms with Crippen LogP contribution in [0.5, 0.6) is 11.5 Å². The van der Waals surface area contributed by atoms with Crippen LogP contribution in [0.2, 0.25) is 0 Å². The standard InChI is InChI=1S/C24H27N3O2S/c1-5-6-12-28-22-17(14-25)18(15-26)23(29-13-11-16(2)3)24-21(22)27(4)19-9-7-8-10-20(19)30-24/h7-10,16H,5-6,11-13H2,1-4H3. The molecule has 2 aromatic carbocycles. The summed E-state index contributed by atoms with van der Waals surface area (Å²) in [6, 6.07) is 12.5. The molecule has 5 nitrogen and oxygen atoms in total. The number of anilines is 2. The molecular formula is C24H27N3O2S. The fourth-order valence-corrected chi connectivity index (χ4v) is 4.58. The number of para-hydroxylation sites is 1. The van der Waals surface area contributed by atoms with Gasteiger partial charge in [0.1, 0.15) is 29.0 Å². The van der Waals surface area contributed by atoms with Gasteiger partial charge in [-0.1, -0.05) is 51.1 Å². The van der Waals surface area contributed by atoms with Crippen molar-refractivity contribution in [3.05, 3.63) is 35.4 Å². The molecule has 6 heteroatoms. The highest BCUT2D eigenvalue weighted by Crippen LogP contribution is 2.57. The average molecular weight is 422 g/mol. The van der Waals surface area contributed by atoms with Gasteiger partial charge in [-0.25, -0.2) is 0 Å². The molecule has 0 aliphatic carbocycles. The zero-order valence-corrected chi connectivity index (χ0v) is 18.8. The Hall–Kier alpha value is -2.83.